The Labute approximate surface area is 546 Å². The molecule has 12 atom stereocenters. The summed E-state index contributed by atoms with van der Waals surface area (Å²) in [6, 6.07) is -0.972. The number of aliphatic hydroxyl groups excluding tert-OH is 8. The number of carbonyl (C=O) groups excluding carboxylic acids is 1. The molecule has 0 aliphatic carbocycles. The molecule has 14 nitrogen and oxygen atoms in total. The van der Waals surface area contributed by atoms with Crippen molar-refractivity contribution in [3.8, 4) is 0 Å². The van der Waals surface area contributed by atoms with E-state index in [9.17, 15) is 45.6 Å². The topological polar surface area (TPSA) is 228 Å². The fraction of sp³-hybridized carbons (Fsp3) is 0.750. The first kappa shape index (κ1) is 82.7. The quantitative estimate of drug-likeness (QED) is 0.0204. The lowest BCUT2D eigenvalue weighted by Crippen LogP contribution is -2.65. The van der Waals surface area contributed by atoms with Gasteiger partial charge in [-0.15, -0.1) is 0 Å². The van der Waals surface area contributed by atoms with Gasteiger partial charge in [0, 0.05) is 6.42 Å². The molecule has 0 radical (unpaired) electrons. The molecule has 0 bridgehead atoms. The van der Waals surface area contributed by atoms with Crippen LogP contribution in [0.5, 0.6) is 0 Å². The van der Waals surface area contributed by atoms with Crippen LogP contribution in [0.25, 0.3) is 0 Å². The molecule has 14 heteroatoms. The summed E-state index contributed by atoms with van der Waals surface area (Å²) in [5, 5.41) is 87.4. The standard InChI is InChI=1S/C76H131NO13/c1-3-5-7-9-11-13-15-17-19-21-23-25-27-28-29-30-31-32-33-34-35-36-38-39-41-43-45-47-49-51-53-55-57-59-65(80)64(63-87-75-73(86)71(84)74(67(62-79)89-75)90-76-72(85)70(83)69(82)66(61-78)88-76)77-68(81)60-58-56-54-52-50-48-46-44-42-40-37-26-24-22-20-18-16-14-12-10-8-6-4-2/h6,8,12,14,18,20,24,26,40,42,46,48-49,51-52,54,57,59,64-67,69-76,78-80,82-86H,3-5,7,9-11,13,15-17,19,21-23,25,27-39,41,43-45,47,50,53,55-56,58,60-63H2,1-2H3,(H,77,81)/b8-6-,14-12-,20-18-,26-24-,42-40-,48-46-,51-49+,54-52-,59-57+. The molecule has 9 N–H and O–H groups in total. The maximum absolute atomic E-state index is 13.3. The first-order valence-electron chi connectivity index (χ1n) is 36.1. The summed E-state index contributed by atoms with van der Waals surface area (Å²) < 4.78 is 22.8. The molecule has 90 heavy (non-hydrogen) atoms. The Morgan fingerprint density at radius 1 is 0.411 bits per heavy atom. The normalized spacial score (nSPS) is 23.6. The zero-order valence-electron chi connectivity index (χ0n) is 56.3. The predicted octanol–water partition coefficient (Wildman–Crippen LogP) is 15.1. The number of aliphatic hydroxyl groups is 8. The third-order valence-corrected chi connectivity index (χ3v) is 16.9. The summed E-state index contributed by atoms with van der Waals surface area (Å²) in [6.07, 6.45) is 68.8. The second-order valence-electron chi connectivity index (χ2n) is 25.0. The summed E-state index contributed by atoms with van der Waals surface area (Å²) in [7, 11) is 0. The summed E-state index contributed by atoms with van der Waals surface area (Å²) in [5.41, 5.74) is 0. The van der Waals surface area contributed by atoms with Gasteiger partial charge in [0.05, 0.1) is 32.0 Å². The fourth-order valence-corrected chi connectivity index (χ4v) is 11.2. The van der Waals surface area contributed by atoms with Gasteiger partial charge in [-0.2, -0.15) is 0 Å². The molecule has 0 aromatic rings. The van der Waals surface area contributed by atoms with Gasteiger partial charge >= 0.3 is 0 Å². The van der Waals surface area contributed by atoms with E-state index in [0.717, 1.165) is 57.8 Å². The Morgan fingerprint density at radius 3 is 1.22 bits per heavy atom. The third-order valence-electron chi connectivity index (χ3n) is 16.9. The van der Waals surface area contributed by atoms with E-state index < -0.39 is 86.8 Å². The highest BCUT2D eigenvalue weighted by Gasteiger charge is 2.51. The van der Waals surface area contributed by atoms with Gasteiger partial charge in [-0.3, -0.25) is 4.79 Å². The Balaban J connectivity index is 1.70. The number of rotatable bonds is 58. The average Bonchev–Trinajstić information content (AvgIpc) is 1.28. The second-order valence-corrected chi connectivity index (χ2v) is 25.0. The molecule has 2 heterocycles. The van der Waals surface area contributed by atoms with E-state index in [0.29, 0.717) is 19.3 Å². The summed E-state index contributed by atoms with van der Waals surface area (Å²) in [5.74, 6) is -0.308. The minimum absolute atomic E-state index is 0.187. The molecule has 0 aromatic heterocycles. The van der Waals surface area contributed by atoms with Crippen LogP contribution in [0.3, 0.4) is 0 Å². The minimum atomic E-state index is -1.80. The Kier molecular flexibility index (Phi) is 54.6. The van der Waals surface area contributed by atoms with Crippen molar-refractivity contribution < 1.29 is 64.6 Å². The van der Waals surface area contributed by atoms with E-state index in [-0.39, 0.29) is 18.9 Å². The maximum Gasteiger partial charge on any atom is 0.220 e. The Bertz CT molecular complexity index is 1930. The van der Waals surface area contributed by atoms with Crippen molar-refractivity contribution in [2.75, 3.05) is 19.8 Å². The van der Waals surface area contributed by atoms with Gasteiger partial charge in [0.25, 0.3) is 0 Å². The van der Waals surface area contributed by atoms with Crippen LogP contribution < -0.4 is 5.32 Å². The van der Waals surface area contributed by atoms with Crippen LogP contribution in [0.1, 0.15) is 271 Å². The van der Waals surface area contributed by atoms with E-state index in [4.69, 9.17) is 18.9 Å². The van der Waals surface area contributed by atoms with E-state index in [1.807, 2.05) is 12.2 Å². The van der Waals surface area contributed by atoms with Gasteiger partial charge in [0.1, 0.15) is 48.8 Å². The minimum Gasteiger partial charge on any atom is -0.394 e. The zero-order chi connectivity index (χ0) is 65.2. The summed E-state index contributed by atoms with van der Waals surface area (Å²) in [6.45, 7) is 2.65. The van der Waals surface area contributed by atoms with Crippen LogP contribution in [-0.2, 0) is 23.7 Å². The first-order chi connectivity index (χ1) is 44.1. The maximum atomic E-state index is 13.3. The average molecular weight is 1270 g/mol. The van der Waals surface area contributed by atoms with Gasteiger partial charge in [0.15, 0.2) is 12.6 Å². The number of amides is 1. The fourth-order valence-electron chi connectivity index (χ4n) is 11.2. The molecular formula is C76H131NO13. The molecule has 2 aliphatic heterocycles. The monoisotopic (exact) mass is 1270 g/mol. The predicted molar refractivity (Wildman–Crippen MR) is 369 cm³/mol. The van der Waals surface area contributed by atoms with Crippen molar-refractivity contribution in [2.45, 2.75) is 344 Å². The van der Waals surface area contributed by atoms with Gasteiger partial charge in [-0.05, 0) is 83.5 Å². The molecular weight excluding hydrogens is 1130 g/mol. The lowest BCUT2D eigenvalue weighted by molar-refractivity contribution is -0.359. The molecule has 2 saturated heterocycles. The number of ether oxygens (including phenoxy) is 4. The highest BCUT2D eigenvalue weighted by molar-refractivity contribution is 5.76. The number of hydrogen-bond acceptors (Lipinski definition) is 13. The van der Waals surface area contributed by atoms with Crippen LogP contribution in [0.4, 0.5) is 0 Å². The van der Waals surface area contributed by atoms with E-state index >= 15 is 0 Å². The van der Waals surface area contributed by atoms with Crippen molar-refractivity contribution >= 4 is 5.91 Å². The number of hydrogen-bond donors (Lipinski definition) is 9. The molecule has 0 spiro atoms. The molecule has 0 saturated carbocycles. The molecule has 2 aliphatic rings. The van der Waals surface area contributed by atoms with Crippen molar-refractivity contribution in [1.82, 2.24) is 5.32 Å². The van der Waals surface area contributed by atoms with Crippen LogP contribution in [0, 0.1) is 0 Å². The number of nitrogens with one attached hydrogen (secondary N) is 1. The highest BCUT2D eigenvalue weighted by Crippen LogP contribution is 2.30. The molecule has 2 fully saturated rings. The SMILES string of the molecule is CC/C=C\C/C=C\C/C=C\C/C=C\C/C=C\C/C=C\C/C=C\CCCC(=O)NC(COC1OC(CO)C(OC2OC(CO)C(O)C(O)C2O)C(O)C1O)C(O)/C=C/CC/C=C/CCCCCCCCCCCCCCCCCCCCCCCCCCCCC. The molecule has 2 rings (SSSR count). The summed E-state index contributed by atoms with van der Waals surface area (Å²) >= 11 is 0. The van der Waals surface area contributed by atoms with Gasteiger partial charge in [0.2, 0.25) is 5.91 Å². The van der Waals surface area contributed by atoms with Crippen LogP contribution >= 0.6 is 0 Å². The molecule has 1 amide bonds. The van der Waals surface area contributed by atoms with E-state index in [1.165, 1.54) is 173 Å². The van der Waals surface area contributed by atoms with E-state index in [2.05, 4.69) is 110 Å². The Morgan fingerprint density at radius 2 is 0.778 bits per heavy atom. The molecule has 0 aromatic carbocycles. The Hall–Kier alpha value is -3.35. The highest BCUT2D eigenvalue weighted by atomic mass is 16.7. The largest absolute Gasteiger partial charge is 0.394 e. The summed E-state index contributed by atoms with van der Waals surface area (Å²) in [4.78, 5) is 13.3. The van der Waals surface area contributed by atoms with Crippen molar-refractivity contribution in [1.29, 1.82) is 0 Å². The van der Waals surface area contributed by atoms with Gasteiger partial charge < -0.3 is 65.1 Å². The zero-order valence-corrected chi connectivity index (χ0v) is 56.3. The first-order valence-corrected chi connectivity index (χ1v) is 36.1. The second kappa shape index (κ2) is 59.4. The lowest BCUT2D eigenvalue weighted by atomic mass is 9.97. The number of unbranched alkanes of at least 4 members (excludes halogenated alkanes) is 29. The third kappa shape index (κ3) is 42.8. The molecule has 518 valence electrons. The molecule has 12 unspecified atom stereocenters. The van der Waals surface area contributed by atoms with E-state index in [1.54, 1.807) is 6.08 Å². The van der Waals surface area contributed by atoms with Crippen molar-refractivity contribution in [3.63, 3.8) is 0 Å². The number of carbonyl (C=O) groups is 1. The lowest BCUT2D eigenvalue weighted by Gasteiger charge is -2.46. The smallest absolute Gasteiger partial charge is 0.220 e. The number of allylic oxidation sites excluding steroid dienone is 17. The van der Waals surface area contributed by atoms with Gasteiger partial charge in [-0.25, -0.2) is 0 Å². The van der Waals surface area contributed by atoms with Crippen LogP contribution in [-0.4, -0.2) is 140 Å². The van der Waals surface area contributed by atoms with Crippen LogP contribution in [0.2, 0.25) is 0 Å². The van der Waals surface area contributed by atoms with Gasteiger partial charge in [-0.1, -0.05) is 290 Å². The van der Waals surface area contributed by atoms with Crippen molar-refractivity contribution in [2.24, 2.45) is 0 Å². The van der Waals surface area contributed by atoms with Crippen molar-refractivity contribution in [3.05, 3.63) is 109 Å². The van der Waals surface area contributed by atoms with Crippen LogP contribution in [0.15, 0.2) is 109 Å².